The zero-order valence-corrected chi connectivity index (χ0v) is 16.2. The van der Waals surface area contributed by atoms with E-state index in [1.807, 2.05) is 54.8 Å². The van der Waals surface area contributed by atoms with Gasteiger partial charge in [0.05, 0.1) is 16.5 Å². The molecule has 1 fully saturated rings. The summed E-state index contributed by atoms with van der Waals surface area (Å²) in [5.41, 5.74) is 0.813. The number of nitrogens with zero attached hydrogens (tertiary/aromatic N) is 4. The van der Waals surface area contributed by atoms with Crippen LogP contribution < -0.4 is 0 Å². The number of hydrogen-bond acceptors (Lipinski definition) is 5. The topological polar surface area (TPSA) is 88.3 Å². The van der Waals surface area contributed by atoms with Crippen LogP contribution in [-0.2, 0) is 4.79 Å². The summed E-state index contributed by atoms with van der Waals surface area (Å²) in [5.74, 6) is -0.945. The third-order valence-corrected chi connectivity index (χ3v) is 5.70. The van der Waals surface area contributed by atoms with Gasteiger partial charge in [0.25, 0.3) is 5.91 Å². The first-order valence-corrected chi connectivity index (χ1v) is 9.99. The van der Waals surface area contributed by atoms with Gasteiger partial charge >= 0.3 is 5.97 Å². The molecule has 3 aromatic rings. The molecular weight excluding hydrogens is 376 g/mol. The largest absolute Gasteiger partial charge is 0.481 e. The maximum absolute atomic E-state index is 13.1. The monoisotopic (exact) mass is 396 g/mol. The number of benzene rings is 1. The van der Waals surface area contributed by atoms with Crippen molar-refractivity contribution in [3.05, 3.63) is 53.7 Å². The van der Waals surface area contributed by atoms with Crippen LogP contribution >= 0.6 is 11.3 Å². The smallest absolute Gasteiger partial charge is 0.308 e. The number of piperidine rings is 1. The summed E-state index contributed by atoms with van der Waals surface area (Å²) in [6.45, 7) is 2.66. The minimum Gasteiger partial charge on any atom is -0.481 e. The Morgan fingerprint density at radius 3 is 2.61 bits per heavy atom. The van der Waals surface area contributed by atoms with Crippen LogP contribution in [0, 0.1) is 11.8 Å². The number of aliphatic carboxylic acids is 1. The molecule has 2 aromatic heterocycles. The molecule has 1 aromatic carbocycles. The second kappa shape index (κ2) is 7.55. The average molecular weight is 396 g/mol. The summed E-state index contributed by atoms with van der Waals surface area (Å²) in [5, 5.41) is 15.8. The van der Waals surface area contributed by atoms with E-state index < -0.39 is 11.9 Å². The molecule has 1 aliphatic rings. The lowest BCUT2D eigenvalue weighted by atomic mass is 9.90. The molecule has 1 N–H and O–H groups in total. The second-order valence-electron chi connectivity index (χ2n) is 7.07. The first-order valence-electron chi connectivity index (χ1n) is 9.11. The molecule has 2 atom stereocenters. The highest BCUT2D eigenvalue weighted by atomic mass is 32.1. The Bertz CT molecular complexity index is 984. The molecule has 8 heteroatoms. The van der Waals surface area contributed by atoms with Crippen LogP contribution in [-0.4, -0.2) is 49.7 Å². The number of aromatic nitrogens is 3. The fraction of sp³-hybridized carbons (Fsp3) is 0.300. The van der Waals surface area contributed by atoms with E-state index in [1.165, 1.54) is 11.3 Å². The number of amides is 1. The number of carboxylic acid groups (broad SMARTS) is 1. The van der Waals surface area contributed by atoms with Crippen molar-refractivity contribution in [2.45, 2.75) is 13.3 Å². The maximum atomic E-state index is 13.1. The summed E-state index contributed by atoms with van der Waals surface area (Å²) in [7, 11) is 0. The number of carboxylic acids is 1. The van der Waals surface area contributed by atoms with Gasteiger partial charge in [-0.3, -0.25) is 9.59 Å². The lowest BCUT2D eigenvalue weighted by molar-refractivity contribution is -0.143. The van der Waals surface area contributed by atoms with Crippen LogP contribution in [0.2, 0.25) is 0 Å². The molecule has 0 saturated carbocycles. The molecule has 2 unspecified atom stereocenters. The molecule has 0 bridgehead atoms. The van der Waals surface area contributed by atoms with E-state index >= 15 is 0 Å². The van der Waals surface area contributed by atoms with Crippen LogP contribution in [0.1, 0.15) is 24.0 Å². The summed E-state index contributed by atoms with van der Waals surface area (Å²) in [6.07, 6.45) is 0.575. The predicted octanol–water partition coefficient (Wildman–Crippen LogP) is 3.18. The minimum absolute atomic E-state index is 0.0884. The number of hydrogen-bond donors (Lipinski definition) is 1. The Kier molecular flexibility index (Phi) is 4.95. The molecule has 0 radical (unpaired) electrons. The van der Waals surface area contributed by atoms with Crippen LogP contribution in [0.5, 0.6) is 0 Å². The Morgan fingerprint density at radius 1 is 1.14 bits per heavy atom. The number of carbonyl (C=O) groups excluding carboxylic acids is 1. The van der Waals surface area contributed by atoms with Gasteiger partial charge in [-0.25, -0.2) is 9.67 Å². The van der Waals surface area contributed by atoms with E-state index in [0.717, 1.165) is 10.6 Å². The van der Waals surface area contributed by atoms with Crippen molar-refractivity contribution in [1.82, 2.24) is 19.7 Å². The standard InChI is InChI=1S/C20H20N4O3S/c1-13-10-14(20(26)27)12-23(11-13)19(25)17-21-18(16-8-5-9-28-16)24(22-17)15-6-3-2-4-7-15/h2-9,13-14H,10-12H2,1H3,(H,26,27). The third kappa shape index (κ3) is 3.55. The molecule has 0 aliphatic carbocycles. The van der Waals surface area contributed by atoms with Gasteiger partial charge in [-0.05, 0) is 35.9 Å². The highest BCUT2D eigenvalue weighted by molar-refractivity contribution is 7.13. The average Bonchev–Trinajstić information content (AvgIpc) is 3.37. The van der Waals surface area contributed by atoms with E-state index in [0.29, 0.717) is 18.8 Å². The van der Waals surface area contributed by atoms with Gasteiger partial charge in [-0.1, -0.05) is 31.2 Å². The molecule has 1 amide bonds. The fourth-order valence-electron chi connectivity index (χ4n) is 3.55. The van der Waals surface area contributed by atoms with Crippen LogP contribution in [0.15, 0.2) is 47.8 Å². The van der Waals surface area contributed by atoms with Crippen LogP contribution in [0.3, 0.4) is 0 Å². The number of thiophene rings is 1. The highest BCUT2D eigenvalue weighted by Gasteiger charge is 2.34. The van der Waals surface area contributed by atoms with Gasteiger partial charge in [0.1, 0.15) is 0 Å². The quantitative estimate of drug-likeness (QED) is 0.732. The summed E-state index contributed by atoms with van der Waals surface area (Å²) in [6, 6.07) is 13.4. The molecular formula is C20H20N4O3S. The Balaban J connectivity index is 1.70. The molecule has 28 heavy (non-hydrogen) atoms. The summed E-state index contributed by atoms with van der Waals surface area (Å²) < 4.78 is 1.67. The van der Waals surface area contributed by atoms with E-state index in [-0.39, 0.29) is 24.2 Å². The molecule has 7 nitrogen and oxygen atoms in total. The molecule has 3 heterocycles. The third-order valence-electron chi connectivity index (χ3n) is 4.84. The number of carbonyl (C=O) groups is 2. The molecule has 1 saturated heterocycles. The molecule has 0 spiro atoms. The molecule has 4 rings (SSSR count). The Labute approximate surface area is 166 Å². The molecule has 1 aliphatic heterocycles. The first kappa shape index (κ1) is 18.4. The van der Waals surface area contributed by atoms with Crippen molar-refractivity contribution in [3.8, 4) is 16.4 Å². The fourth-order valence-corrected chi connectivity index (χ4v) is 4.25. The lowest BCUT2D eigenvalue weighted by Gasteiger charge is -2.33. The molecule has 144 valence electrons. The second-order valence-corrected chi connectivity index (χ2v) is 8.02. The normalized spacial score (nSPS) is 19.5. The van der Waals surface area contributed by atoms with Gasteiger partial charge < -0.3 is 10.0 Å². The maximum Gasteiger partial charge on any atom is 0.308 e. The van der Waals surface area contributed by atoms with Crippen molar-refractivity contribution < 1.29 is 14.7 Å². The van der Waals surface area contributed by atoms with Gasteiger partial charge in [0, 0.05) is 13.1 Å². The zero-order chi connectivity index (χ0) is 19.7. The van der Waals surface area contributed by atoms with Gasteiger partial charge in [-0.2, -0.15) is 0 Å². The number of likely N-dealkylation sites (tertiary alicyclic amines) is 1. The van der Waals surface area contributed by atoms with E-state index in [2.05, 4.69) is 10.1 Å². The number of rotatable bonds is 4. The number of para-hydroxylation sites is 1. The summed E-state index contributed by atoms with van der Waals surface area (Å²) in [4.78, 5) is 31.5. The van der Waals surface area contributed by atoms with Crippen LogP contribution in [0.4, 0.5) is 0 Å². The summed E-state index contributed by atoms with van der Waals surface area (Å²) >= 11 is 1.52. The van der Waals surface area contributed by atoms with Gasteiger partial charge in [-0.15, -0.1) is 16.4 Å². The minimum atomic E-state index is -0.869. The van der Waals surface area contributed by atoms with Crippen LogP contribution in [0.25, 0.3) is 16.4 Å². The van der Waals surface area contributed by atoms with Crippen molar-refractivity contribution in [2.75, 3.05) is 13.1 Å². The van der Waals surface area contributed by atoms with Gasteiger partial charge in [0.2, 0.25) is 5.82 Å². The Hall–Kier alpha value is -3.00. The van der Waals surface area contributed by atoms with E-state index in [4.69, 9.17) is 0 Å². The highest BCUT2D eigenvalue weighted by Crippen LogP contribution is 2.27. The van der Waals surface area contributed by atoms with Crippen molar-refractivity contribution in [2.24, 2.45) is 11.8 Å². The van der Waals surface area contributed by atoms with E-state index in [9.17, 15) is 14.7 Å². The van der Waals surface area contributed by atoms with Gasteiger partial charge in [0.15, 0.2) is 5.82 Å². The van der Waals surface area contributed by atoms with E-state index in [1.54, 1.807) is 9.58 Å². The Morgan fingerprint density at radius 2 is 1.93 bits per heavy atom. The predicted molar refractivity (Wildman–Crippen MR) is 105 cm³/mol. The van der Waals surface area contributed by atoms with Crippen molar-refractivity contribution in [3.63, 3.8) is 0 Å². The lowest BCUT2D eigenvalue weighted by Crippen LogP contribution is -2.45. The van der Waals surface area contributed by atoms with Crippen molar-refractivity contribution >= 4 is 23.2 Å². The SMILES string of the molecule is CC1CC(C(=O)O)CN(C(=O)c2nc(-c3cccs3)n(-c3ccccc3)n2)C1. The first-order chi connectivity index (χ1) is 13.5. The van der Waals surface area contributed by atoms with Crippen molar-refractivity contribution in [1.29, 1.82) is 0 Å². The zero-order valence-electron chi connectivity index (χ0n) is 15.4.